The fourth-order valence-corrected chi connectivity index (χ4v) is 4.85. The minimum atomic E-state index is -1.11. The smallest absolute Gasteiger partial charge is 0.373 e. The van der Waals surface area contributed by atoms with Gasteiger partial charge in [-0.25, -0.2) is 14.8 Å². The second-order valence-corrected chi connectivity index (χ2v) is 8.42. The highest BCUT2D eigenvalue weighted by Gasteiger charge is 2.44. The van der Waals surface area contributed by atoms with Gasteiger partial charge in [-0.05, 0) is 49.8 Å². The number of nitrogens with zero attached hydrogens (tertiary/aromatic N) is 5. The summed E-state index contributed by atoms with van der Waals surface area (Å²) in [5.41, 5.74) is 2.68. The third kappa shape index (κ3) is 3.73. The van der Waals surface area contributed by atoms with Crippen molar-refractivity contribution in [3.63, 3.8) is 0 Å². The molecule has 0 radical (unpaired) electrons. The molecule has 0 amide bonds. The number of aromatic carboxylic acids is 1. The summed E-state index contributed by atoms with van der Waals surface area (Å²) in [6.07, 6.45) is 6.41. The van der Waals surface area contributed by atoms with Crippen LogP contribution in [-0.4, -0.2) is 46.7 Å². The number of carbonyl (C=O) groups is 1. The van der Waals surface area contributed by atoms with Crippen LogP contribution in [0.15, 0.2) is 30.6 Å². The summed E-state index contributed by atoms with van der Waals surface area (Å²) >= 11 is 6.25. The van der Waals surface area contributed by atoms with Crippen molar-refractivity contribution < 1.29 is 9.90 Å². The molecule has 2 saturated heterocycles. The molecule has 1 aromatic carbocycles. The second-order valence-electron chi connectivity index (χ2n) is 8.01. The van der Waals surface area contributed by atoms with Crippen molar-refractivity contribution in [2.45, 2.75) is 32.2 Å². The summed E-state index contributed by atoms with van der Waals surface area (Å²) in [6.45, 7) is 5.00. The van der Waals surface area contributed by atoms with E-state index in [1.54, 1.807) is 18.5 Å². The van der Waals surface area contributed by atoms with Crippen molar-refractivity contribution in [3.05, 3.63) is 47.0 Å². The maximum atomic E-state index is 10.9. The fraction of sp³-hybridized carbons (Fsp3) is 0.429. The molecule has 1 N–H and O–H groups in total. The monoisotopic (exact) mass is 411 g/mol. The molecule has 1 spiro atoms. The Morgan fingerprint density at radius 2 is 1.97 bits per heavy atom. The van der Waals surface area contributed by atoms with E-state index in [1.807, 2.05) is 12.1 Å². The van der Waals surface area contributed by atoms with Crippen LogP contribution in [0.1, 0.15) is 42.4 Å². The summed E-state index contributed by atoms with van der Waals surface area (Å²) in [5, 5.41) is 18.5. The molecule has 29 heavy (non-hydrogen) atoms. The van der Waals surface area contributed by atoms with E-state index < -0.39 is 5.97 Å². The Hall–Kier alpha value is -2.85. The summed E-state index contributed by atoms with van der Waals surface area (Å²) < 4.78 is 0. The highest BCUT2D eigenvalue weighted by atomic mass is 35.5. The van der Waals surface area contributed by atoms with Gasteiger partial charge in [0, 0.05) is 31.4 Å². The molecule has 2 aromatic rings. The molecule has 2 aliphatic rings. The van der Waals surface area contributed by atoms with Gasteiger partial charge in [-0.15, -0.1) is 0 Å². The number of carboxylic acids is 1. The zero-order valence-electron chi connectivity index (χ0n) is 16.2. The predicted octanol–water partition coefficient (Wildman–Crippen LogP) is 3.59. The first-order chi connectivity index (χ1) is 13.9. The van der Waals surface area contributed by atoms with E-state index in [2.05, 4.69) is 32.8 Å². The first-order valence-corrected chi connectivity index (χ1v) is 10.1. The van der Waals surface area contributed by atoms with Crippen LogP contribution >= 0.6 is 11.6 Å². The predicted molar refractivity (Wildman–Crippen MR) is 110 cm³/mol. The molecule has 1 aromatic heterocycles. The van der Waals surface area contributed by atoms with E-state index in [9.17, 15) is 4.79 Å². The maximum Gasteiger partial charge on any atom is 0.373 e. The van der Waals surface area contributed by atoms with Crippen LogP contribution in [0.5, 0.6) is 0 Å². The Morgan fingerprint density at radius 3 is 2.55 bits per heavy atom. The van der Waals surface area contributed by atoms with Crippen LogP contribution in [0.25, 0.3) is 0 Å². The Bertz CT molecular complexity index is 964. The van der Waals surface area contributed by atoms with Crippen molar-refractivity contribution in [1.82, 2.24) is 9.97 Å². The molecular weight excluding hydrogens is 390 g/mol. The molecule has 3 heterocycles. The van der Waals surface area contributed by atoms with Gasteiger partial charge in [-0.1, -0.05) is 11.6 Å². The number of anilines is 2. The lowest BCUT2D eigenvalue weighted by atomic mass is 9.76. The van der Waals surface area contributed by atoms with Gasteiger partial charge in [-0.2, -0.15) is 5.26 Å². The average molecular weight is 412 g/mol. The number of hydrogen-bond donors (Lipinski definition) is 1. The normalized spacial score (nSPS) is 20.7. The molecule has 0 saturated carbocycles. The number of rotatable bonds is 3. The molecule has 1 atom stereocenters. The van der Waals surface area contributed by atoms with Gasteiger partial charge in [0.15, 0.2) is 0 Å². The third-order valence-electron chi connectivity index (χ3n) is 6.19. The quantitative estimate of drug-likeness (QED) is 0.824. The van der Waals surface area contributed by atoms with Gasteiger partial charge in [-0.3, -0.25) is 0 Å². The molecule has 7 nitrogen and oxygen atoms in total. The van der Waals surface area contributed by atoms with Crippen LogP contribution in [0.4, 0.5) is 11.4 Å². The minimum Gasteiger partial charge on any atom is -0.475 e. The second kappa shape index (κ2) is 7.53. The van der Waals surface area contributed by atoms with Crippen LogP contribution in [0, 0.1) is 16.7 Å². The molecule has 0 bridgehead atoms. The maximum absolute atomic E-state index is 10.9. The van der Waals surface area contributed by atoms with Crippen LogP contribution in [0.3, 0.4) is 0 Å². The van der Waals surface area contributed by atoms with E-state index in [4.69, 9.17) is 22.0 Å². The third-order valence-corrected chi connectivity index (χ3v) is 6.50. The zero-order valence-corrected chi connectivity index (χ0v) is 16.9. The zero-order chi connectivity index (χ0) is 20.6. The lowest BCUT2D eigenvalue weighted by Crippen LogP contribution is -2.41. The van der Waals surface area contributed by atoms with Crippen LogP contribution in [0.2, 0.25) is 5.02 Å². The van der Waals surface area contributed by atoms with Crippen LogP contribution < -0.4 is 9.80 Å². The standard InChI is InChI=1S/C21H22ClN5O2/c1-14-9-21(13-27(14)16-3-2-15(10-23)18(22)8-16)4-6-26(7-5-21)17-11-24-19(20(28)29)25-12-17/h2-3,8,11-12,14H,4-7,9,13H2,1H3,(H,28,29)/t14-/m0/s1. The molecule has 2 fully saturated rings. The highest BCUT2D eigenvalue weighted by molar-refractivity contribution is 6.32. The number of hydrogen-bond acceptors (Lipinski definition) is 6. The molecule has 0 unspecified atom stereocenters. The largest absolute Gasteiger partial charge is 0.475 e. The Morgan fingerprint density at radius 1 is 1.28 bits per heavy atom. The number of piperidine rings is 1. The molecular formula is C21H22ClN5O2. The van der Waals surface area contributed by atoms with Gasteiger partial charge < -0.3 is 14.9 Å². The number of aromatic nitrogens is 2. The summed E-state index contributed by atoms with van der Waals surface area (Å²) in [4.78, 5) is 23.4. The topological polar surface area (TPSA) is 93.3 Å². The average Bonchev–Trinajstić information content (AvgIpc) is 3.04. The SMILES string of the molecule is C[C@H]1CC2(CCN(c3cnc(C(=O)O)nc3)CC2)CN1c1ccc(C#N)c(Cl)c1. The van der Waals surface area contributed by atoms with E-state index in [-0.39, 0.29) is 11.2 Å². The molecule has 0 aliphatic carbocycles. The number of halogens is 1. The van der Waals surface area contributed by atoms with E-state index in [0.29, 0.717) is 16.6 Å². The van der Waals surface area contributed by atoms with Gasteiger partial charge in [0.2, 0.25) is 5.82 Å². The number of carboxylic acid groups (broad SMARTS) is 1. The lowest BCUT2D eigenvalue weighted by molar-refractivity contribution is 0.0683. The van der Waals surface area contributed by atoms with Crippen molar-refractivity contribution in [1.29, 1.82) is 5.26 Å². The van der Waals surface area contributed by atoms with Crippen molar-refractivity contribution in [2.75, 3.05) is 29.4 Å². The van der Waals surface area contributed by atoms with E-state index in [1.165, 1.54) is 0 Å². The van der Waals surface area contributed by atoms with E-state index in [0.717, 1.165) is 50.3 Å². The Balaban J connectivity index is 1.44. The lowest BCUT2D eigenvalue weighted by Gasteiger charge is -2.40. The molecule has 4 rings (SSSR count). The first kappa shape index (κ1) is 19.5. The van der Waals surface area contributed by atoms with Crippen molar-refractivity contribution in [2.24, 2.45) is 5.41 Å². The van der Waals surface area contributed by atoms with Gasteiger partial charge in [0.05, 0.1) is 28.7 Å². The van der Waals surface area contributed by atoms with E-state index >= 15 is 0 Å². The van der Waals surface area contributed by atoms with Crippen molar-refractivity contribution >= 4 is 28.9 Å². The molecule has 150 valence electrons. The fourth-order valence-electron chi connectivity index (χ4n) is 4.63. The Kier molecular flexibility index (Phi) is 5.05. The first-order valence-electron chi connectivity index (χ1n) is 9.67. The summed E-state index contributed by atoms with van der Waals surface area (Å²) in [7, 11) is 0. The molecule has 8 heteroatoms. The summed E-state index contributed by atoms with van der Waals surface area (Å²) in [5.74, 6) is -1.29. The minimum absolute atomic E-state index is 0.177. The molecule has 2 aliphatic heterocycles. The van der Waals surface area contributed by atoms with Gasteiger partial charge in [0.25, 0.3) is 0 Å². The summed E-state index contributed by atoms with van der Waals surface area (Å²) in [6, 6.07) is 8.19. The van der Waals surface area contributed by atoms with Crippen LogP contribution in [-0.2, 0) is 0 Å². The number of nitriles is 1. The van der Waals surface area contributed by atoms with Crippen molar-refractivity contribution in [3.8, 4) is 6.07 Å². The Labute approximate surface area is 174 Å². The highest BCUT2D eigenvalue weighted by Crippen LogP contribution is 2.45. The van der Waals surface area contributed by atoms with Gasteiger partial charge >= 0.3 is 5.97 Å². The van der Waals surface area contributed by atoms with Gasteiger partial charge in [0.1, 0.15) is 6.07 Å². The number of benzene rings is 1.